The highest BCUT2D eigenvalue weighted by molar-refractivity contribution is 5.71. The van der Waals surface area contributed by atoms with Crippen LogP contribution in [0.4, 0.5) is 0 Å². The van der Waals surface area contributed by atoms with Crippen LogP contribution in [0.2, 0.25) is 0 Å². The second-order valence-electron chi connectivity index (χ2n) is 3.13. The van der Waals surface area contributed by atoms with Crippen LogP contribution in [0, 0.1) is 0 Å². The summed E-state index contributed by atoms with van der Waals surface area (Å²) in [7, 11) is 0. The lowest BCUT2D eigenvalue weighted by Crippen LogP contribution is -2.02. The minimum Gasteiger partial charge on any atom is -0.435 e. The Kier molecular flexibility index (Phi) is 8.97. The van der Waals surface area contributed by atoms with Gasteiger partial charge in [0.05, 0.1) is 12.5 Å². The second-order valence-corrected chi connectivity index (χ2v) is 3.13. The zero-order valence-corrected chi connectivity index (χ0v) is 9.77. The first-order valence-electron chi connectivity index (χ1n) is 5.32. The van der Waals surface area contributed by atoms with Gasteiger partial charge in [-0.15, -0.1) is 0 Å². The molecule has 16 heavy (non-hydrogen) atoms. The van der Waals surface area contributed by atoms with Gasteiger partial charge in [-0.2, -0.15) is 0 Å². The first-order chi connectivity index (χ1) is 7.70. The van der Waals surface area contributed by atoms with Gasteiger partial charge in [-0.1, -0.05) is 12.2 Å². The normalized spacial score (nSPS) is 10.9. The van der Waals surface area contributed by atoms with Crippen molar-refractivity contribution in [1.29, 1.82) is 0 Å². The fourth-order valence-corrected chi connectivity index (χ4v) is 0.944. The molecule has 0 saturated heterocycles. The van der Waals surface area contributed by atoms with Crippen LogP contribution in [0.5, 0.6) is 0 Å². The monoisotopic (exact) mass is 226 g/mol. The quantitative estimate of drug-likeness (QED) is 0.380. The van der Waals surface area contributed by atoms with Gasteiger partial charge < -0.3 is 9.47 Å². The molecule has 0 aliphatic rings. The second kappa shape index (κ2) is 9.96. The van der Waals surface area contributed by atoms with Gasteiger partial charge in [0.2, 0.25) is 0 Å². The Morgan fingerprint density at radius 1 is 0.875 bits per heavy atom. The van der Waals surface area contributed by atoms with Gasteiger partial charge in [0.25, 0.3) is 0 Å². The highest BCUT2D eigenvalue weighted by Crippen LogP contribution is 2.03. The van der Waals surface area contributed by atoms with Crippen molar-refractivity contribution in [2.24, 2.45) is 0 Å². The van der Waals surface area contributed by atoms with E-state index in [1.54, 1.807) is 26.0 Å². The van der Waals surface area contributed by atoms with Crippen molar-refractivity contribution in [1.82, 2.24) is 0 Å². The number of allylic oxidation sites excluding steroid dienone is 2. The Bertz CT molecular complexity index is 238. The van der Waals surface area contributed by atoms with E-state index in [2.05, 4.69) is 0 Å². The molecular formula is C12H18O4. The summed E-state index contributed by atoms with van der Waals surface area (Å²) in [5.41, 5.74) is 0. The molecule has 4 nitrogen and oxygen atoms in total. The predicted molar refractivity (Wildman–Crippen MR) is 60.3 cm³/mol. The topological polar surface area (TPSA) is 52.6 Å². The lowest BCUT2D eigenvalue weighted by molar-refractivity contribution is -0.140. The molecule has 0 bridgehead atoms. The van der Waals surface area contributed by atoms with E-state index >= 15 is 0 Å². The number of hydrogen-bond acceptors (Lipinski definition) is 4. The molecule has 4 heteroatoms. The molecule has 0 aromatic rings. The molecule has 0 unspecified atom stereocenters. The van der Waals surface area contributed by atoms with Crippen molar-refractivity contribution in [3.8, 4) is 0 Å². The molecule has 0 radical (unpaired) electrons. The van der Waals surface area contributed by atoms with E-state index in [0.717, 1.165) is 0 Å². The number of rotatable bonds is 7. The standard InChI is InChI=1S/C12H18O4/c1-3-9-15-11(13)7-5-6-8-12(14)16-10-4-2/h3-4,9-10H,5-8H2,1-2H3. The zero-order chi connectivity index (χ0) is 12.2. The lowest BCUT2D eigenvalue weighted by atomic mass is 10.2. The summed E-state index contributed by atoms with van der Waals surface area (Å²) in [4.78, 5) is 22.0. The molecule has 0 aromatic heterocycles. The maximum Gasteiger partial charge on any atom is 0.310 e. The number of unbranched alkanes of at least 4 members (excludes halogenated alkanes) is 1. The van der Waals surface area contributed by atoms with Crippen molar-refractivity contribution in [2.45, 2.75) is 39.5 Å². The van der Waals surface area contributed by atoms with Crippen molar-refractivity contribution in [3.05, 3.63) is 24.7 Å². The minimum atomic E-state index is -0.278. The van der Waals surface area contributed by atoms with Crippen LogP contribution in [-0.2, 0) is 19.1 Å². The van der Waals surface area contributed by atoms with Gasteiger partial charge >= 0.3 is 11.9 Å². The van der Waals surface area contributed by atoms with Crippen molar-refractivity contribution in [2.75, 3.05) is 0 Å². The summed E-state index contributed by atoms with van der Waals surface area (Å²) in [5.74, 6) is -0.556. The van der Waals surface area contributed by atoms with E-state index < -0.39 is 0 Å². The third-order valence-electron chi connectivity index (χ3n) is 1.68. The minimum absolute atomic E-state index is 0.278. The van der Waals surface area contributed by atoms with E-state index in [1.807, 2.05) is 0 Å². The van der Waals surface area contributed by atoms with E-state index in [4.69, 9.17) is 9.47 Å². The van der Waals surface area contributed by atoms with E-state index in [0.29, 0.717) is 25.7 Å². The molecule has 0 heterocycles. The van der Waals surface area contributed by atoms with Gasteiger partial charge in [-0.25, -0.2) is 0 Å². The fourth-order valence-electron chi connectivity index (χ4n) is 0.944. The van der Waals surface area contributed by atoms with Crippen LogP contribution >= 0.6 is 0 Å². The number of esters is 2. The first kappa shape index (κ1) is 14.4. The molecule has 0 aliphatic heterocycles. The molecule has 0 atom stereocenters. The van der Waals surface area contributed by atoms with Crippen LogP contribution < -0.4 is 0 Å². The van der Waals surface area contributed by atoms with Crippen LogP contribution in [0.1, 0.15) is 39.5 Å². The number of carbonyl (C=O) groups excluding carboxylic acids is 2. The Morgan fingerprint density at radius 3 is 1.56 bits per heavy atom. The van der Waals surface area contributed by atoms with E-state index in [9.17, 15) is 9.59 Å². The third kappa shape index (κ3) is 8.99. The predicted octanol–water partition coefficient (Wildman–Crippen LogP) is 2.70. The van der Waals surface area contributed by atoms with Crippen molar-refractivity contribution < 1.29 is 19.1 Å². The highest BCUT2D eigenvalue weighted by Gasteiger charge is 2.04. The molecule has 0 aliphatic carbocycles. The smallest absolute Gasteiger partial charge is 0.310 e. The number of ether oxygens (including phenoxy) is 2. The SMILES string of the molecule is CC=COC(=O)CCCCC(=O)OC=CC. The summed E-state index contributed by atoms with van der Waals surface area (Å²) in [6.45, 7) is 3.54. The van der Waals surface area contributed by atoms with Gasteiger partial charge in [-0.3, -0.25) is 9.59 Å². The molecule has 90 valence electrons. The molecule has 0 amide bonds. The highest BCUT2D eigenvalue weighted by atomic mass is 16.5. The largest absolute Gasteiger partial charge is 0.435 e. The van der Waals surface area contributed by atoms with Crippen LogP contribution in [0.15, 0.2) is 24.7 Å². The maximum absolute atomic E-state index is 11.0. The van der Waals surface area contributed by atoms with Crippen molar-refractivity contribution in [3.63, 3.8) is 0 Å². The Hall–Kier alpha value is -1.58. The lowest BCUT2D eigenvalue weighted by Gasteiger charge is -2.00. The number of hydrogen-bond donors (Lipinski definition) is 0. The molecule has 0 rings (SSSR count). The van der Waals surface area contributed by atoms with E-state index in [1.165, 1.54) is 12.5 Å². The maximum atomic E-state index is 11.0. The molecule has 0 aromatic carbocycles. The Morgan fingerprint density at radius 2 is 1.25 bits per heavy atom. The Labute approximate surface area is 95.9 Å². The molecule has 0 spiro atoms. The first-order valence-corrected chi connectivity index (χ1v) is 5.32. The molecule has 0 saturated carbocycles. The summed E-state index contributed by atoms with van der Waals surface area (Å²) in [6, 6.07) is 0. The average molecular weight is 226 g/mol. The van der Waals surface area contributed by atoms with Crippen LogP contribution in [0.3, 0.4) is 0 Å². The average Bonchev–Trinajstić information content (AvgIpc) is 2.29. The zero-order valence-electron chi connectivity index (χ0n) is 9.77. The van der Waals surface area contributed by atoms with Gasteiger partial charge in [0.15, 0.2) is 0 Å². The van der Waals surface area contributed by atoms with Gasteiger partial charge in [-0.05, 0) is 26.7 Å². The van der Waals surface area contributed by atoms with Gasteiger partial charge in [0.1, 0.15) is 0 Å². The van der Waals surface area contributed by atoms with Crippen LogP contribution in [-0.4, -0.2) is 11.9 Å². The summed E-state index contributed by atoms with van der Waals surface area (Å²) in [5, 5.41) is 0. The van der Waals surface area contributed by atoms with Gasteiger partial charge in [0, 0.05) is 12.8 Å². The fraction of sp³-hybridized carbons (Fsp3) is 0.500. The number of carbonyl (C=O) groups is 2. The van der Waals surface area contributed by atoms with Crippen molar-refractivity contribution >= 4 is 11.9 Å². The van der Waals surface area contributed by atoms with E-state index in [-0.39, 0.29) is 11.9 Å². The summed E-state index contributed by atoms with van der Waals surface area (Å²) in [6.07, 6.45) is 7.88. The summed E-state index contributed by atoms with van der Waals surface area (Å²) < 4.78 is 9.43. The third-order valence-corrected chi connectivity index (χ3v) is 1.68. The Balaban J connectivity index is 3.45. The summed E-state index contributed by atoms with van der Waals surface area (Å²) >= 11 is 0. The van der Waals surface area contributed by atoms with Crippen LogP contribution in [0.25, 0.3) is 0 Å². The molecule has 0 N–H and O–H groups in total. The molecular weight excluding hydrogens is 208 g/mol. The molecule has 0 fully saturated rings.